The van der Waals surface area contributed by atoms with Crippen molar-refractivity contribution in [2.45, 2.75) is 38.2 Å². The number of carbonyl (C=O) groups is 1. The lowest BCUT2D eigenvalue weighted by Crippen LogP contribution is -2.27. The Hall–Kier alpha value is -2.76. The van der Waals surface area contributed by atoms with Gasteiger partial charge in [0.05, 0.1) is 23.8 Å². The molecule has 11 heteroatoms. The van der Waals surface area contributed by atoms with Crippen molar-refractivity contribution in [3.8, 4) is 5.75 Å². The van der Waals surface area contributed by atoms with E-state index in [-0.39, 0.29) is 29.2 Å². The highest BCUT2D eigenvalue weighted by Gasteiger charge is 2.19. The number of nitrogens with one attached hydrogen (secondary N) is 2. The van der Waals surface area contributed by atoms with E-state index in [0.717, 1.165) is 10.4 Å². The number of hydrogen-bond donors (Lipinski definition) is 2. The molecule has 0 aliphatic heterocycles. The lowest BCUT2D eigenvalue weighted by atomic mass is 10.2. The topological polar surface area (TPSA) is 127 Å². The van der Waals surface area contributed by atoms with Crippen molar-refractivity contribution >= 4 is 37.5 Å². The lowest BCUT2D eigenvalue weighted by molar-refractivity contribution is -0.148. The van der Waals surface area contributed by atoms with Gasteiger partial charge in [-0.1, -0.05) is 0 Å². The number of methoxy groups -OCH3 is 1. The molecule has 2 aromatic heterocycles. The first kappa shape index (κ1) is 22.9. The molecule has 9 nitrogen and oxygen atoms in total. The van der Waals surface area contributed by atoms with Gasteiger partial charge >= 0.3 is 5.97 Å². The van der Waals surface area contributed by atoms with Crippen molar-refractivity contribution in [1.29, 1.82) is 0 Å². The van der Waals surface area contributed by atoms with E-state index in [1.807, 2.05) is 13.8 Å². The molecule has 31 heavy (non-hydrogen) atoms. The van der Waals surface area contributed by atoms with Crippen LogP contribution in [0.25, 0.3) is 10.2 Å². The highest BCUT2D eigenvalue weighted by atomic mass is 32.2. The molecule has 0 aliphatic rings. The van der Waals surface area contributed by atoms with Crippen LogP contribution in [-0.4, -0.2) is 38.0 Å². The Labute approximate surface area is 183 Å². The highest BCUT2D eigenvalue weighted by Crippen LogP contribution is 2.27. The molecular formula is C20H23N3O6S2. The molecule has 1 aromatic carbocycles. The van der Waals surface area contributed by atoms with Gasteiger partial charge in [-0.05, 0) is 50.6 Å². The molecule has 0 saturated heterocycles. The number of hydrogen-bond acceptors (Lipinski definition) is 8. The first-order valence-electron chi connectivity index (χ1n) is 9.45. The van der Waals surface area contributed by atoms with E-state index in [1.165, 1.54) is 42.7 Å². The maximum Gasteiger partial charge on any atom is 0.307 e. The first-order chi connectivity index (χ1) is 14.6. The molecule has 0 aliphatic carbocycles. The summed E-state index contributed by atoms with van der Waals surface area (Å²) in [5.74, 6) is 0.159. The summed E-state index contributed by atoms with van der Waals surface area (Å²) in [7, 11) is -2.28. The number of aryl methyl sites for hydroxylation is 2. The molecule has 0 fully saturated rings. The fraction of sp³-hybridized carbons (Fsp3) is 0.350. The van der Waals surface area contributed by atoms with Gasteiger partial charge in [-0.15, -0.1) is 11.3 Å². The van der Waals surface area contributed by atoms with Crippen LogP contribution in [0.4, 0.5) is 0 Å². The summed E-state index contributed by atoms with van der Waals surface area (Å²) in [6.07, 6.45) is -0.964. The third-order valence-corrected chi connectivity index (χ3v) is 7.32. The molecule has 0 spiro atoms. The molecule has 0 amide bonds. The van der Waals surface area contributed by atoms with Crippen molar-refractivity contribution in [1.82, 2.24) is 14.7 Å². The van der Waals surface area contributed by atoms with Crippen molar-refractivity contribution in [2.75, 3.05) is 13.7 Å². The summed E-state index contributed by atoms with van der Waals surface area (Å²) >= 11 is 1.40. The molecule has 0 bridgehead atoms. The number of aromatic nitrogens is 2. The maximum atomic E-state index is 12.4. The SMILES string of the molecule is COc1ccc(S(=O)(=O)NCCC(=O)O[C@H](C)c2nc3sc(C)c(C)c3c(=O)[nH]2)cc1. The predicted molar refractivity (Wildman–Crippen MR) is 117 cm³/mol. The average molecular weight is 466 g/mol. The predicted octanol–water partition coefficient (Wildman–Crippen LogP) is 2.58. The minimum Gasteiger partial charge on any atom is -0.497 e. The number of thiophene rings is 1. The Kier molecular flexibility index (Phi) is 6.77. The summed E-state index contributed by atoms with van der Waals surface area (Å²) in [6, 6.07) is 5.89. The van der Waals surface area contributed by atoms with Crippen LogP contribution in [0.15, 0.2) is 34.0 Å². The van der Waals surface area contributed by atoms with Crippen LogP contribution >= 0.6 is 11.3 Å². The van der Waals surface area contributed by atoms with Crippen LogP contribution in [0.2, 0.25) is 0 Å². The minimum atomic E-state index is -3.77. The molecular weight excluding hydrogens is 442 g/mol. The van der Waals surface area contributed by atoms with Gasteiger partial charge in [-0.2, -0.15) is 0 Å². The number of aromatic amines is 1. The Morgan fingerprint density at radius 2 is 1.94 bits per heavy atom. The number of carbonyl (C=O) groups excluding carboxylic acids is 1. The third kappa shape index (κ3) is 5.12. The summed E-state index contributed by atoms with van der Waals surface area (Å²) < 4.78 is 37.3. The van der Waals surface area contributed by atoms with Gasteiger partial charge in [-0.3, -0.25) is 9.59 Å². The molecule has 2 N–H and O–H groups in total. The van der Waals surface area contributed by atoms with Crippen LogP contribution in [0.5, 0.6) is 5.75 Å². The largest absolute Gasteiger partial charge is 0.497 e. The second-order valence-electron chi connectivity index (χ2n) is 6.87. The van der Waals surface area contributed by atoms with E-state index < -0.39 is 22.1 Å². The number of esters is 1. The van der Waals surface area contributed by atoms with Crippen LogP contribution in [0.1, 0.15) is 35.7 Å². The van der Waals surface area contributed by atoms with E-state index in [0.29, 0.717) is 16.0 Å². The lowest BCUT2D eigenvalue weighted by Gasteiger charge is -2.13. The quantitative estimate of drug-likeness (QED) is 0.490. The number of rotatable bonds is 8. The van der Waals surface area contributed by atoms with Crippen LogP contribution in [-0.2, 0) is 19.6 Å². The normalized spacial score (nSPS) is 12.6. The second kappa shape index (κ2) is 9.16. The van der Waals surface area contributed by atoms with Crippen LogP contribution < -0.4 is 15.0 Å². The first-order valence-corrected chi connectivity index (χ1v) is 11.8. The van der Waals surface area contributed by atoms with Gasteiger partial charge in [0.15, 0.2) is 11.9 Å². The smallest absolute Gasteiger partial charge is 0.307 e. The zero-order valence-corrected chi connectivity index (χ0v) is 19.1. The molecule has 166 valence electrons. The van der Waals surface area contributed by atoms with Gasteiger partial charge in [0.25, 0.3) is 5.56 Å². The zero-order chi connectivity index (χ0) is 22.8. The molecule has 3 rings (SSSR count). The fourth-order valence-electron chi connectivity index (χ4n) is 2.90. The average Bonchev–Trinajstić information content (AvgIpc) is 3.01. The van der Waals surface area contributed by atoms with E-state index in [1.54, 1.807) is 6.92 Å². The Morgan fingerprint density at radius 1 is 1.26 bits per heavy atom. The van der Waals surface area contributed by atoms with E-state index in [2.05, 4.69) is 14.7 Å². The number of benzene rings is 1. The number of nitrogens with zero attached hydrogens (tertiary/aromatic N) is 1. The summed E-state index contributed by atoms with van der Waals surface area (Å²) in [5, 5.41) is 0.540. The van der Waals surface area contributed by atoms with Crippen molar-refractivity contribution in [3.63, 3.8) is 0 Å². The summed E-state index contributed by atoms with van der Waals surface area (Å²) in [6.45, 7) is 5.24. The van der Waals surface area contributed by atoms with Crippen LogP contribution in [0.3, 0.4) is 0 Å². The monoisotopic (exact) mass is 465 g/mol. The standard InChI is InChI=1S/C20H23N3O6S2/c1-11-13(3)30-20-17(11)19(25)22-18(23-20)12(2)29-16(24)9-10-21-31(26,27)15-7-5-14(28-4)6-8-15/h5-8,12,21H,9-10H2,1-4H3,(H,22,23,25)/t12-/m1/s1. The second-order valence-corrected chi connectivity index (χ2v) is 9.84. The van der Waals surface area contributed by atoms with E-state index >= 15 is 0 Å². The van der Waals surface area contributed by atoms with Gasteiger partial charge < -0.3 is 14.5 Å². The van der Waals surface area contributed by atoms with Crippen molar-refractivity contribution in [2.24, 2.45) is 0 Å². The molecule has 0 radical (unpaired) electrons. The molecule has 2 heterocycles. The third-order valence-electron chi connectivity index (χ3n) is 4.74. The molecule has 0 saturated carbocycles. The van der Waals surface area contributed by atoms with Gasteiger partial charge in [0.2, 0.25) is 10.0 Å². The van der Waals surface area contributed by atoms with E-state index in [4.69, 9.17) is 9.47 Å². The number of fused-ring (bicyclic) bond motifs is 1. The molecule has 1 atom stereocenters. The Balaban J connectivity index is 1.59. The summed E-state index contributed by atoms with van der Waals surface area (Å²) in [4.78, 5) is 33.2. The number of ether oxygens (including phenoxy) is 2. The van der Waals surface area contributed by atoms with Gasteiger partial charge in [0.1, 0.15) is 10.6 Å². The Bertz CT molecular complexity index is 1260. The van der Waals surface area contributed by atoms with Crippen molar-refractivity contribution < 1.29 is 22.7 Å². The Morgan fingerprint density at radius 3 is 2.58 bits per heavy atom. The minimum absolute atomic E-state index is 0.0617. The van der Waals surface area contributed by atoms with Crippen LogP contribution in [0, 0.1) is 13.8 Å². The van der Waals surface area contributed by atoms with Gasteiger partial charge in [-0.25, -0.2) is 18.1 Å². The van der Waals surface area contributed by atoms with Gasteiger partial charge in [0, 0.05) is 11.4 Å². The molecule has 3 aromatic rings. The molecule has 0 unspecified atom stereocenters. The van der Waals surface area contributed by atoms with E-state index in [9.17, 15) is 18.0 Å². The maximum absolute atomic E-state index is 12.4. The highest BCUT2D eigenvalue weighted by molar-refractivity contribution is 7.89. The zero-order valence-electron chi connectivity index (χ0n) is 17.5. The van der Waals surface area contributed by atoms with Crippen molar-refractivity contribution in [3.05, 3.63) is 50.9 Å². The number of H-pyrrole nitrogens is 1. The summed E-state index contributed by atoms with van der Waals surface area (Å²) in [5.41, 5.74) is 0.603. The number of sulfonamides is 1. The fourth-order valence-corrected chi connectivity index (χ4v) is 4.97.